The second kappa shape index (κ2) is 5.56. The number of cyclic esters (lactones) is 2. The number of carbonyl (C=O) groups excluding carboxylic acids is 2. The molecule has 0 saturated carbocycles. The molecule has 0 aliphatic carbocycles. The summed E-state index contributed by atoms with van der Waals surface area (Å²) in [7, 11) is 0. The molecule has 0 aromatic carbocycles. The van der Waals surface area contributed by atoms with Crippen LogP contribution in [0, 0.1) is 11.3 Å². The van der Waals surface area contributed by atoms with Crippen LogP contribution in [0.5, 0.6) is 0 Å². The summed E-state index contributed by atoms with van der Waals surface area (Å²) in [5.74, 6) is -0.126. The first-order chi connectivity index (χ1) is 8.60. The van der Waals surface area contributed by atoms with Gasteiger partial charge in [0.2, 0.25) is 0 Å². The zero-order chi connectivity index (χ0) is 13.0. The first kappa shape index (κ1) is 13.1. The molecule has 0 amide bonds. The zero-order valence-electron chi connectivity index (χ0n) is 10.5. The molecule has 6 heteroatoms. The first-order valence-electron chi connectivity index (χ1n) is 6.15. The molecule has 2 fully saturated rings. The van der Waals surface area contributed by atoms with Crippen LogP contribution in [0.2, 0.25) is 0 Å². The number of rotatable bonds is 3. The number of ether oxygens (including phenoxy) is 4. The maximum absolute atomic E-state index is 11.9. The predicted octanol–water partition coefficient (Wildman–Crippen LogP) is 1.13. The van der Waals surface area contributed by atoms with Gasteiger partial charge in [-0.2, -0.15) is 0 Å². The fourth-order valence-corrected chi connectivity index (χ4v) is 1.94. The van der Waals surface area contributed by atoms with Crippen LogP contribution >= 0.6 is 0 Å². The highest BCUT2D eigenvalue weighted by Crippen LogP contribution is 2.25. The normalized spacial score (nSPS) is 26.9. The van der Waals surface area contributed by atoms with Gasteiger partial charge in [0, 0.05) is 12.5 Å². The van der Waals surface area contributed by atoms with E-state index in [9.17, 15) is 9.59 Å². The minimum absolute atomic E-state index is 0.00579. The van der Waals surface area contributed by atoms with Crippen molar-refractivity contribution >= 4 is 12.1 Å². The van der Waals surface area contributed by atoms with Gasteiger partial charge in [-0.05, 0) is 19.8 Å². The van der Waals surface area contributed by atoms with Crippen LogP contribution in [0.25, 0.3) is 0 Å². The molecule has 0 spiro atoms. The quantitative estimate of drug-likeness (QED) is 0.707. The summed E-state index contributed by atoms with van der Waals surface area (Å²) < 4.78 is 20.0. The molecular weight excluding hydrogens is 240 g/mol. The third-order valence-electron chi connectivity index (χ3n) is 3.21. The highest BCUT2D eigenvalue weighted by Gasteiger charge is 2.42. The third kappa shape index (κ3) is 3.13. The van der Waals surface area contributed by atoms with Gasteiger partial charge in [0.15, 0.2) is 0 Å². The summed E-state index contributed by atoms with van der Waals surface area (Å²) in [6.45, 7) is 3.45. The van der Waals surface area contributed by atoms with E-state index >= 15 is 0 Å². The number of hydrogen-bond acceptors (Lipinski definition) is 6. The van der Waals surface area contributed by atoms with E-state index in [1.54, 1.807) is 6.92 Å². The van der Waals surface area contributed by atoms with E-state index in [1.165, 1.54) is 0 Å². The molecule has 1 atom stereocenters. The Morgan fingerprint density at radius 2 is 2.17 bits per heavy atom. The number of esters is 1. The van der Waals surface area contributed by atoms with E-state index < -0.39 is 11.6 Å². The molecule has 6 nitrogen and oxygen atoms in total. The Balaban J connectivity index is 1.78. The molecule has 2 aliphatic rings. The smallest absolute Gasteiger partial charge is 0.465 e. The standard InChI is InChI=1S/C12H18O6/c1-12(7-17-11(14)18-8-12)10(13)16-6-9-3-2-4-15-5-9/h9H,2-8H2,1H3. The lowest BCUT2D eigenvalue weighted by Gasteiger charge is -2.30. The largest absolute Gasteiger partial charge is 0.508 e. The van der Waals surface area contributed by atoms with E-state index in [0.717, 1.165) is 19.4 Å². The minimum Gasteiger partial charge on any atom is -0.465 e. The molecule has 0 bridgehead atoms. The average Bonchev–Trinajstić information content (AvgIpc) is 2.41. The van der Waals surface area contributed by atoms with Gasteiger partial charge >= 0.3 is 12.1 Å². The molecule has 0 aromatic rings. The number of carbonyl (C=O) groups is 2. The fourth-order valence-electron chi connectivity index (χ4n) is 1.94. The fraction of sp³-hybridized carbons (Fsp3) is 0.833. The van der Waals surface area contributed by atoms with Crippen molar-refractivity contribution in [2.24, 2.45) is 11.3 Å². The van der Waals surface area contributed by atoms with Crippen molar-refractivity contribution in [1.82, 2.24) is 0 Å². The van der Waals surface area contributed by atoms with Crippen LogP contribution in [-0.4, -0.2) is 45.2 Å². The molecule has 0 N–H and O–H groups in total. The van der Waals surface area contributed by atoms with Gasteiger partial charge in [0.05, 0.1) is 13.2 Å². The summed E-state index contributed by atoms with van der Waals surface area (Å²) >= 11 is 0. The molecule has 2 heterocycles. The van der Waals surface area contributed by atoms with Crippen LogP contribution in [0.15, 0.2) is 0 Å². The molecule has 2 saturated heterocycles. The van der Waals surface area contributed by atoms with E-state index in [-0.39, 0.29) is 25.1 Å². The van der Waals surface area contributed by atoms with E-state index in [4.69, 9.17) is 18.9 Å². The van der Waals surface area contributed by atoms with Gasteiger partial charge in [0.1, 0.15) is 18.6 Å². The first-order valence-corrected chi connectivity index (χ1v) is 6.15. The maximum Gasteiger partial charge on any atom is 0.508 e. The molecule has 18 heavy (non-hydrogen) atoms. The lowest BCUT2D eigenvalue weighted by Crippen LogP contribution is -2.44. The van der Waals surface area contributed by atoms with Gasteiger partial charge in [-0.1, -0.05) is 0 Å². The Morgan fingerprint density at radius 1 is 1.44 bits per heavy atom. The monoisotopic (exact) mass is 258 g/mol. The molecule has 0 radical (unpaired) electrons. The second-order valence-corrected chi connectivity index (χ2v) is 5.07. The van der Waals surface area contributed by atoms with E-state index in [0.29, 0.717) is 13.2 Å². The van der Waals surface area contributed by atoms with Gasteiger partial charge < -0.3 is 18.9 Å². The van der Waals surface area contributed by atoms with E-state index in [1.807, 2.05) is 0 Å². The van der Waals surface area contributed by atoms with Crippen LogP contribution in [0.4, 0.5) is 4.79 Å². The summed E-state index contributed by atoms with van der Waals surface area (Å²) in [5.41, 5.74) is -0.899. The summed E-state index contributed by atoms with van der Waals surface area (Å²) in [6, 6.07) is 0. The van der Waals surface area contributed by atoms with Crippen LogP contribution in [0.3, 0.4) is 0 Å². The lowest BCUT2D eigenvalue weighted by molar-refractivity contribution is -0.168. The van der Waals surface area contributed by atoms with Crippen molar-refractivity contribution in [2.75, 3.05) is 33.0 Å². The molecule has 2 rings (SSSR count). The summed E-state index contributed by atoms with van der Waals surface area (Å²) in [5, 5.41) is 0. The zero-order valence-corrected chi connectivity index (χ0v) is 10.5. The SMILES string of the molecule is CC1(C(=O)OCC2CCCOC2)COC(=O)OC1. The summed E-state index contributed by atoms with van der Waals surface area (Å²) in [6.07, 6.45) is 1.27. The Bertz CT molecular complexity index is 311. The third-order valence-corrected chi connectivity index (χ3v) is 3.21. The van der Waals surface area contributed by atoms with Crippen LogP contribution < -0.4 is 0 Å². The van der Waals surface area contributed by atoms with Crippen molar-refractivity contribution in [3.63, 3.8) is 0 Å². The summed E-state index contributed by atoms with van der Waals surface area (Å²) in [4.78, 5) is 22.7. The van der Waals surface area contributed by atoms with E-state index in [2.05, 4.69) is 0 Å². The van der Waals surface area contributed by atoms with Crippen LogP contribution in [-0.2, 0) is 23.7 Å². The molecule has 1 unspecified atom stereocenters. The van der Waals surface area contributed by atoms with Gasteiger partial charge in [-0.15, -0.1) is 0 Å². The number of hydrogen-bond donors (Lipinski definition) is 0. The van der Waals surface area contributed by atoms with Crippen molar-refractivity contribution in [1.29, 1.82) is 0 Å². The Labute approximate surface area is 106 Å². The Kier molecular flexibility index (Phi) is 4.06. The van der Waals surface area contributed by atoms with Crippen molar-refractivity contribution < 1.29 is 28.5 Å². The molecule has 0 aromatic heterocycles. The highest BCUT2D eigenvalue weighted by atomic mass is 16.7. The highest BCUT2D eigenvalue weighted by molar-refractivity contribution is 5.78. The second-order valence-electron chi connectivity index (χ2n) is 5.07. The maximum atomic E-state index is 11.9. The molecule has 2 aliphatic heterocycles. The van der Waals surface area contributed by atoms with Crippen molar-refractivity contribution in [3.05, 3.63) is 0 Å². The lowest BCUT2D eigenvalue weighted by atomic mass is 9.92. The predicted molar refractivity (Wildman–Crippen MR) is 59.9 cm³/mol. The van der Waals surface area contributed by atoms with Gasteiger partial charge in [-0.25, -0.2) is 4.79 Å². The van der Waals surface area contributed by atoms with Crippen molar-refractivity contribution in [2.45, 2.75) is 19.8 Å². The minimum atomic E-state index is -0.899. The average molecular weight is 258 g/mol. The molecular formula is C12H18O6. The Hall–Kier alpha value is -1.30. The Morgan fingerprint density at radius 3 is 2.78 bits per heavy atom. The van der Waals surface area contributed by atoms with Gasteiger partial charge in [0.25, 0.3) is 0 Å². The molecule has 102 valence electrons. The van der Waals surface area contributed by atoms with Crippen LogP contribution in [0.1, 0.15) is 19.8 Å². The van der Waals surface area contributed by atoms with Crippen molar-refractivity contribution in [3.8, 4) is 0 Å². The topological polar surface area (TPSA) is 71.1 Å². The van der Waals surface area contributed by atoms with Gasteiger partial charge in [-0.3, -0.25) is 4.79 Å².